The van der Waals surface area contributed by atoms with Gasteiger partial charge in [0.25, 0.3) is 11.8 Å². The number of H-pyrrole nitrogens is 1. The van der Waals surface area contributed by atoms with E-state index < -0.39 is 22.0 Å². The standard InChI is InChI=1S/C41H42N6O6S/c1-53-41(50)45-37(32-6-3-2-4-7-32)40(49)47-21-5-8-36(47)38-42-26-35(44-38)31-15-11-29(12-16-31)30-13-17-33(18-14-30)39(48)43-34-19-9-28(10-20-34)27-46-22-24-54(51,52)25-23-46/h2-4,6-7,9-20,26,36-37H,5,8,21-25,27H2,1H3,(H,42,44)(H,43,48)(H,45,50)/t36-,37-/m0/s1. The second kappa shape index (κ2) is 16.1. The number of alkyl carbamates (subject to hydrolysis) is 1. The summed E-state index contributed by atoms with van der Waals surface area (Å²) in [6.07, 6.45) is 2.65. The van der Waals surface area contributed by atoms with Crippen LogP contribution in [0.3, 0.4) is 0 Å². The molecule has 3 N–H and O–H groups in total. The van der Waals surface area contributed by atoms with Gasteiger partial charge in [0.15, 0.2) is 9.84 Å². The Hall–Kier alpha value is -5.79. The third-order valence-corrected chi connectivity index (χ3v) is 11.6. The van der Waals surface area contributed by atoms with E-state index >= 15 is 0 Å². The van der Waals surface area contributed by atoms with Crippen LogP contribution in [-0.4, -0.2) is 84.3 Å². The van der Waals surface area contributed by atoms with E-state index in [1.165, 1.54) is 7.11 Å². The Morgan fingerprint density at radius 3 is 2.17 bits per heavy atom. The van der Waals surface area contributed by atoms with Crippen molar-refractivity contribution in [2.24, 2.45) is 0 Å². The molecule has 2 aliphatic heterocycles. The van der Waals surface area contributed by atoms with Crippen molar-refractivity contribution < 1.29 is 27.5 Å². The average Bonchev–Trinajstić information content (AvgIpc) is 3.90. The molecule has 5 aromatic rings. The lowest BCUT2D eigenvalue weighted by Gasteiger charge is -2.28. The second-order valence-corrected chi connectivity index (χ2v) is 15.9. The third kappa shape index (κ3) is 8.53. The van der Waals surface area contributed by atoms with Gasteiger partial charge in [0.05, 0.1) is 36.5 Å². The highest BCUT2D eigenvalue weighted by atomic mass is 32.2. The molecule has 0 aliphatic carbocycles. The molecular formula is C41H42N6O6S. The number of aromatic nitrogens is 2. The summed E-state index contributed by atoms with van der Waals surface area (Å²) in [5.41, 5.74) is 6.68. The number of anilines is 1. The number of benzene rings is 4. The van der Waals surface area contributed by atoms with Gasteiger partial charge in [-0.3, -0.25) is 14.5 Å². The molecule has 12 nitrogen and oxygen atoms in total. The number of carbonyl (C=O) groups excluding carboxylic acids is 3. The summed E-state index contributed by atoms with van der Waals surface area (Å²) in [6.45, 7) is 2.29. The van der Waals surface area contributed by atoms with Crippen molar-refractivity contribution >= 4 is 33.4 Å². The number of nitrogens with zero attached hydrogens (tertiary/aromatic N) is 3. The number of amides is 3. The number of sulfone groups is 1. The molecule has 13 heteroatoms. The highest BCUT2D eigenvalue weighted by Crippen LogP contribution is 2.34. The van der Waals surface area contributed by atoms with Crippen molar-refractivity contribution in [2.75, 3.05) is 43.6 Å². The molecule has 2 atom stereocenters. The first-order valence-corrected chi connectivity index (χ1v) is 19.8. The molecule has 2 aliphatic rings. The summed E-state index contributed by atoms with van der Waals surface area (Å²) < 4.78 is 28.2. The van der Waals surface area contributed by atoms with Gasteiger partial charge in [0, 0.05) is 37.4 Å². The predicted octanol–water partition coefficient (Wildman–Crippen LogP) is 5.99. The molecule has 3 amide bonds. The number of hydrogen-bond acceptors (Lipinski definition) is 8. The molecule has 1 aromatic heterocycles. The zero-order valence-corrected chi connectivity index (χ0v) is 30.7. The minimum absolute atomic E-state index is 0.195. The lowest BCUT2D eigenvalue weighted by Crippen LogP contribution is -2.42. The van der Waals surface area contributed by atoms with Gasteiger partial charge in [-0.2, -0.15) is 0 Å². The van der Waals surface area contributed by atoms with Crippen LogP contribution in [0.5, 0.6) is 0 Å². The Labute approximate surface area is 314 Å². The fraction of sp³-hybridized carbons (Fsp3) is 0.268. The number of imidazole rings is 1. The van der Waals surface area contributed by atoms with E-state index in [1.807, 2.05) is 91.0 Å². The highest BCUT2D eigenvalue weighted by molar-refractivity contribution is 7.91. The molecule has 2 saturated heterocycles. The monoisotopic (exact) mass is 746 g/mol. The average molecular weight is 747 g/mol. The Morgan fingerprint density at radius 2 is 1.50 bits per heavy atom. The fourth-order valence-electron chi connectivity index (χ4n) is 6.96. The molecule has 54 heavy (non-hydrogen) atoms. The first-order valence-electron chi connectivity index (χ1n) is 17.9. The van der Waals surface area contributed by atoms with E-state index in [0.29, 0.717) is 48.8 Å². The first kappa shape index (κ1) is 36.6. The number of rotatable bonds is 10. The van der Waals surface area contributed by atoms with Crippen molar-refractivity contribution in [3.63, 3.8) is 0 Å². The Balaban J connectivity index is 0.961. The van der Waals surface area contributed by atoms with Gasteiger partial charge in [0.1, 0.15) is 11.9 Å². The molecule has 0 bridgehead atoms. The maximum absolute atomic E-state index is 13.8. The third-order valence-electron chi connectivity index (χ3n) is 10.0. The number of methoxy groups -OCH3 is 1. The fourth-order valence-corrected chi connectivity index (χ4v) is 8.24. The zero-order valence-electron chi connectivity index (χ0n) is 29.9. The topological polar surface area (TPSA) is 154 Å². The summed E-state index contributed by atoms with van der Waals surface area (Å²) in [6, 6.07) is 31.1. The van der Waals surface area contributed by atoms with Gasteiger partial charge in [-0.15, -0.1) is 0 Å². The van der Waals surface area contributed by atoms with E-state index in [4.69, 9.17) is 4.74 Å². The summed E-state index contributed by atoms with van der Waals surface area (Å²) >= 11 is 0. The largest absolute Gasteiger partial charge is 0.453 e. The number of likely N-dealkylation sites (tertiary alicyclic amines) is 1. The van der Waals surface area contributed by atoms with Crippen molar-refractivity contribution in [1.82, 2.24) is 25.1 Å². The van der Waals surface area contributed by atoms with Crippen LogP contribution >= 0.6 is 0 Å². The number of nitrogens with one attached hydrogen (secondary N) is 3. The lowest BCUT2D eigenvalue weighted by molar-refractivity contribution is -0.134. The summed E-state index contributed by atoms with van der Waals surface area (Å²) in [4.78, 5) is 51.0. The SMILES string of the molecule is COC(=O)N[C@H](C(=O)N1CCC[C@H]1c1ncc(-c2ccc(-c3ccc(C(=O)Nc4ccc(CN5CCS(=O)(=O)CC5)cc4)cc3)cc2)[nH]1)c1ccccc1. The molecular weight excluding hydrogens is 705 g/mol. The molecule has 0 saturated carbocycles. The molecule has 7 rings (SSSR count). The number of carbonyl (C=O) groups is 3. The van der Waals surface area contributed by atoms with Crippen LogP contribution in [0.25, 0.3) is 22.4 Å². The molecule has 0 unspecified atom stereocenters. The molecule has 0 radical (unpaired) electrons. The summed E-state index contributed by atoms with van der Waals surface area (Å²) in [5.74, 6) is 0.645. The molecule has 3 heterocycles. The van der Waals surface area contributed by atoms with Gasteiger partial charge in [0.2, 0.25) is 0 Å². The van der Waals surface area contributed by atoms with E-state index in [-0.39, 0.29) is 29.4 Å². The second-order valence-electron chi connectivity index (χ2n) is 13.6. The smallest absolute Gasteiger partial charge is 0.407 e. The zero-order chi connectivity index (χ0) is 37.7. The maximum Gasteiger partial charge on any atom is 0.407 e. The van der Waals surface area contributed by atoms with Crippen LogP contribution in [0, 0.1) is 0 Å². The van der Waals surface area contributed by atoms with Crippen LogP contribution in [-0.2, 0) is 25.9 Å². The van der Waals surface area contributed by atoms with Gasteiger partial charge >= 0.3 is 6.09 Å². The maximum atomic E-state index is 13.8. The first-order chi connectivity index (χ1) is 26.2. The van der Waals surface area contributed by atoms with Crippen LogP contribution in [0.15, 0.2) is 109 Å². The van der Waals surface area contributed by atoms with Crippen LogP contribution in [0.4, 0.5) is 10.5 Å². The van der Waals surface area contributed by atoms with Crippen molar-refractivity contribution in [2.45, 2.75) is 31.5 Å². The van der Waals surface area contributed by atoms with E-state index in [0.717, 1.165) is 40.8 Å². The Morgan fingerprint density at radius 1 is 0.852 bits per heavy atom. The molecule has 2 fully saturated rings. The van der Waals surface area contributed by atoms with Gasteiger partial charge < -0.3 is 25.3 Å². The van der Waals surface area contributed by atoms with E-state index in [9.17, 15) is 22.8 Å². The highest BCUT2D eigenvalue weighted by Gasteiger charge is 2.37. The molecule has 278 valence electrons. The Kier molecular flexibility index (Phi) is 10.9. The van der Waals surface area contributed by atoms with Crippen molar-refractivity contribution in [1.29, 1.82) is 0 Å². The van der Waals surface area contributed by atoms with Crippen LogP contribution < -0.4 is 10.6 Å². The van der Waals surface area contributed by atoms with Gasteiger partial charge in [-0.05, 0) is 64.9 Å². The minimum atomic E-state index is -2.91. The molecule has 0 spiro atoms. The number of aromatic amines is 1. The normalized spacial score (nSPS) is 17.4. The lowest BCUT2D eigenvalue weighted by atomic mass is 10.0. The summed E-state index contributed by atoms with van der Waals surface area (Å²) in [5, 5.41) is 5.65. The van der Waals surface area contributed by atoms with Crippen LogP contribution in [0.1, 0.15) is 52.2 Å². The van der Waals surface area contributed by atoms with Gasteiger partial charge in [-0.1, -0.05) is 78.9 Å². The number of ether oxygens (including phenoxy) is 1. The minimum Gasteiger partial charge on any atom is -0.453 e. The number of hydrogen-bond donors (Lipinski definition) is 3. The Bertz CT molecular complexity index is 2190. The quantitative estimate of drug-likeness (QED) is 0.158. The van der Waals surface area contributed by atoms with Gasteiger partial charge in [-0.25, -0.2) is 18.2 Å². The van der Waals surface area contributed by atoms with E-state index in [1.54, 1.807) is 23.2 Å². The van der Waals surface area contributed by atoms with Crippen molar-refractivity contribution in [3.8, 4) is 22.4 Å². The summed E-state index contributed by atoms with van der Waals surface area (Å²) in [7, 11) is -1.64. The molecule has 4 aromatic carbocycles. The van der Waals surface area contributed by atoms with Crippen LogP contribution in [0.2, 0.25) is 0 Å². The van der Waals surface area contributed by atoms with Crippen molar-refractivity contribution in [3.05, 3.63) is 132 Å². The predicted molar refractivity (Wildman–Crippen MR) is 206 cm³/mol. The van der Waals surface area contributed by atoms with E-state index in [2.05, 4.69) is 25.5 Å².